The first kappa shape index (κ1) is 30.9. The van der Waals surface area contributed by atoms with Gasteiger partial charge < -0.3 is 32.3 Å². The SMILES string of the molecule is CC(C)C[O-].CC(C)C[O-].CC(C)C[O-].[Br-].[Zr+4]. The summed E-state index contributed by atoms with van der Waals surface area (Å²) >= 11 is 0. The zero-order chi connectivity index (χ0) is 12.9. The predicted octanol–water partition coefficient (Wildman–Crippen LogP) is -2.99. The normalized spacial score (nSPS) is 8.47. The van der Waals surface area contributed by atoms with Crippen molar-refractivity contribution >= 4 is 0 Å². The minimum absolute atomic E-state index is 0. The van der Waals surface area contributed by atoms with Crippen molar-refractivity contribution in [2.45, 2.75) is 41.5 Å². The van der Waals surface area contributed by atoms with E-state index in [1.807, 2.05) is 41.5 Å². The summed E-state index contributed by atoms with van der Waals surface area (Å²) in [6, 6.07) is 0. The largest absolute Gasteiger partial charge is 4.00 e. The minimum Gasteiger partial charge on any atom is -1.00 e. The fourth-order valence-electron chi connectivity index (χ4n) is 0. The second kappa shape index (κ2) is 25.9. The van der Waals surface area contributed by atoms with E-state index < -0.39 is 0 Å². The van der Waals surface area contributed by atoms with E-state index >= 15 is 0 Å². The maximum Gasteiger partial charge on any atom is 4.00 e. The Morgan fingerprint density at radius 2 is 0.647 bits per heavy atom. The van der Waals surface area contributed by atoms with Crippen LogP contribution in [0.25, 0.3) is 0 Å². The van der Waals surface area contributed by atoms with Gasteiger partial charge in [-0.25, -0.2) is 0 Å². The van der Waals surface area contributed by atoms with Crippen molar-refractivity contribution in [2.24, 2.45) is 17.8 Å². The molecule has 104 valence electrons. The fraction of sp³-hybridized carbons (Fsp3) is 1.00. The van der Waals surface area contributed by atoms with Gasteiger partial charge in [-0.05, 0) is 0 Å². The van der Waals surface area contributed by atoms with Gasteiger partial charge in [-0.2, -0.15) is 0 Å². The summed E-state index contributed by atoms with van der Waals surface area (Å²) in [5.41, 5.74) is 0. The van der Waals surface area contributed by atoms with Crippen molar-refractivity contribution < 1.29 is 58.5 Å². The van der Waals surface area contributed by atoms with E-state index in [1.54, 1.807) is 0 Å². The van der Waals surface area contributed by atoms with Gasteiger partial charge in [0.25, 0.3) is 0 Å². The molecule has 0 saturated heterocycles. The molecule has 17 heavy (non-hydrogen) atoms. The van der Waals surface area contributed by atoms with Gasteiger partial charge in [-0.3, -0.25) is 0 Å². The van der Waals surface area contributed by atoms with E-state index in [1.165, 1.54) is 0 Å². The molecule has 0 amide bonds. The molecular formula is C12H27BrO3Zr. The Morgan fingerprint density at radius 3 is 0.647 bits per heavy atom. The molecule has 0 unspecified atom stereocenters. The summed E-state index contributed by atoms with van der Waals surface area (Å²) in [5.74, 6) is 0.986. The van der Waals surface area contributed by atoms with Gasteiger partial charge in [0.15, 0.2) is 0 Å². The van der Waals surface area contributed by atoms with E-state index in [0.717, 1.165) is 0 Å². The molecular weight excluding hydrogens is 363 g/mol. The minimum atomic E-state index is 0. The summed E-state index contributed by atoms with van der Waals surface area (Å²) in [4.78, 5) is 0. The molecule has 0 rings (SSSR count). The summed E-state index contributed by atoms with van der Waals surface area (Å²) in [6.07, 6.45) is 0. The first-order chi connectivity index (χ1) is 6.81. The van der Waals surface area contributed by atoms with Crippen LogP contribution in [0.4, 0.5) is 0 Å². The van der Waals surface area contributed by atoms with Gasteiger partial charge in [0.2, 0.25) is 0 Å². The van der Waals surface area contributed by atoms with Gasteiger partial charge in [-0.1, -0.05) is 59.3 Å². The molecule has 0 atom stereocenters. The van der Waals surface area contributed by atoms with Crippen LogP contribution in [0.2, 0.25) is 0 Å². The number of halogens is 1. The Morgan fingerprint density at radius 1 is 0.588 bits per heavy atom. The predicted molar refractivity (Wildman–Crippen MR) is 59.1 cm³/mol. The quantitative estimate of drug-likeness (QED) is 0.516. The summed E-state index contributed by atoms with van der Waals surface area (Å²) in [5, 5.41) is 28.9. The molecule has 0 aromatic heterocycles. The Kier molecular flexibility index (Phi) is 47.2. The third kappa shape index (κ3) is 76.4. The zero-order valence-electron chi connectivity index (χ0n) is 12.0. The molecule has 0 N–H and O–H groups in total. The number of hydrogen-bond acceptors (Lipinski definition) is 3. The Bertz CT molecular complexity index is 82.7. The van der Waals surface area contributed by atoms with E-state index in [9.17, 15) is 15.3 Å². The van der Waals surface area contributed by atoms with Crippen LogP contribution in [0, 0.1) is 17.8 Å². The van der Waals surface area contributed by atoms with Crippen molar-refractivity contribution in [1.29, 1.82) is 0 Å². The maximum atomic E-state index is 9.63. The average molecular weight is 390 g/mol. The molecule has 0 aromatic carbocycles. The van der Waals surface area contributed by atoms with Crippen molar-refractivity contribution in [2.75, 3.05) is 19.8 Å². The van der Waals surface area contributed by atoms with E-state index in [2.05, 4.69) is 0 Å². The zero-order valence-corrected chi connectivity index (χ0v) is 16.0. The molecule has 0 heterocycles. The third-order valence-corrected chi connectivity index (χ3v) is 1.00. The van der Waals surface area contributed by atoms with Crippen molar-refractivity contribution in [3.8, 4) is 0 Å². The Labute approximate surface area is 137 Å². The van der Waals surface area contributed by atoms with Crippen LogP contribution in [0.1, 0.15) is 41.5 Å². The number of rotatable bonds is 3. The van der Waals surface area contributed by atoms with Gasteiger partial charge in [0.1, 0.15) is 0 Å². The van der Waals surface area contributed by atoms with Crippen LogP contribution in [0.15, 0.2) is 0 Å². The van der Waals surface area contributed by atoms with Crippen molar-refractivity contribution in [1.82, 2.24) is 0 Å². The van der Waals surface area contributed by atoms with Crippen molar-refractivity contribution in [3.05, 3.63) is 0 Å². The van der Waals surface area contributed by atoms with Crippen molar-refractivity contribution in [3.63, 3.8) is 0 Å². The molecule has 0 aliphatic rings. The molecule has 0 spiro atoms. The molecule has 0 radical (unpaired) electrons. The van der Waals surface area contributed by atoms with Crippen LogP contribution in [0.3, 0.4) is 0 Å². The van der Waals surface area contributed by atoms with Crippen LogP contribution in [0.5, 0.6) is 0 Å². The second-order valence-corrected chi connectivity index (χ2v) is 4.68. The van der Waals surface area contributed by atoms with Gasteiger partial charge in [-0.15, -0.1) is 19.8 Å². The first-order valence-corrected chi connectivity index (χ1v) is 5.55. The first-order valence-electron chi connectivity index (χ1n) is 5.55. The molecule has 0 aliphatic carbocycles. The van der Waals surface area contributed by atoms with Crippen LogP contribution in [-0.2, 0) is 26.2 Å². The van der Waals surface area contributed by atoms with E-state index in [0.29, 0.717) is 17.8 Å². The molecule has 0 saturated carbocycles. The summed E-state index contributed by atoms with van der Waals surface area (Å²) in [6.45, 7) is 11.6. The van der Waals surface area contributed by atoms with Gasteiger partial charge >= 0.3 is 26.2 Å². The Balaban J connectivity index is -0.0000000400. The monoisotopic (exact) mass is 388 g/mol. The molecule has 0 aliphatic heterocycles. The average Bonchev–Trinajstić information content (AvgIpc) is 2.19. The van der Waals surface area contributed by atoms with E-state index in [-0.39, 0.29) is 63.0 Å². The molecule has 3 nitrogen and oxygen atoms in total. The van der Waals surface area contributed by atoms with Crippen LogP contribution >= 0.6 is 0 Å². The molecule has 5 heteroatoms. The molecule has 0 aromatic rings. The summed E-state index contributed by atoms with van der Waals surface area (Å²) in [7, 11) is 0. The standard InChI is InChI=1S/3C4H9O.BrH.Zr/c3*1-4(2)3-5;;/h3*4H,3H2,1-2H3;1H;/q3*-1;;+4/p-1. The van der Waals surface area contributed by atoms with E-state index in [4.69, 9.17) is 0 Å². The van der Waals surface area contributed by atoms with Gasteiger partial charge in [0, 0.05) is 0 Å². The fourth-order valence-corrected chi connectivity index (χ4v) is 0. The Hall–Kier alpha value is 1.24. The smallest absolute Gasteiger partial charge is 1.00 e. The van der Waals surface area contributed by atoms with Crippen LogP contribution < -0.4 is 32.3 Å². The molecule has 0 bridgehead atoms. The maximum absolute atomic E-state index is 9.63. The number of hydrogen-bond donors (Lipinski definition) is 0. The van der Waals surface area contributed by atoms with Gasteiger partial charge in [0.05, 0.1) is 0 Å². The van der Waals surface area contributed by atoms with Crippen LogP contribution in [-0.4, -0.2) is 19.8 Å². The summed E-state index contributed by atoms with van der Waals surface area (Å²) < 4.78 is 0. The molecule has 0 fully saturated rings. The third-order valence-electron chi connectivity index (χ3n) is 1.00. The topological polar surface area (TPSA) is 69.2 Å². The second-order valence-electron chi connectivity index (χ2n) is 4.68.